The van der Waals surface area contributed by atoms with Gasteiger partial charge in [0, 0.05) is 30.6 Å². The van der Waals surface area contributed by atoms with Crippen molar-refractivity contribution < 1.29 is 4.79 Å². The molecule has 3 atom stereocenters. The second-order valence-electron chi connectivity index (χ2n) is 7.60. The number of likely N-dealkylation sites (tertiary alicyclic amines) is 1. The molecule has 3 nitrogen and oxygen atoms in total. The van der Waals surface area contributed by atoms with E-state index in [2.05, 4.69) is 15.9 Å². The van der Waals surface area contributed by atoms with Gasteiger partial charge in [0.15, 0.2) is 0 Å². The molecule has 1 aromatic rings. The summed E-state index contributed by atoms with van der Waals surface area (Å²) in [7, 11) is 0. The van der Waals surface area contributed by atoms with Crippen molar-refractivity contribution in [1.82, 2.24) is 9.80 Å². The first-order valence-corrected chi connectivity index (χ1v) is 9.76. The molecule has 0 saturated carbocycles. The molecule has 118 valence electrons. The lowest BCUT2D eigenvalue weighted by molar-refractivity contribution is 0.0758. The molecule has 3 saturated heterocycles. The summed E-state index contributed by atoms with van der Waals surface area (Å²) >= 11 is 1.77. The van der Waals surface area contributed by atoms with E-state index in [1.807, 2.05) is 0 Å². The molecule has 0 spiro atoms. The van der Waals surface area contributed by atoms with E-state index >= 15 is 0 Å². The Morgan fingerprint density at radius 3 is 3.00 bits per heavy atom. The minimum atomic E-state index is 0.316. The molecule has 4 aliphatic rings. The van der Waals surface area contributed by atoms with Crippen LogP contribution in [0.1, 0.15) is 45.8 Å². The predicted octanol–water partition coefficient (Wildman–Crippen LogP) is 2.79. The van der Waals surface area contributed by atoms with Crippen LogP contribution >= 0.6 is 11.3 Å². The molecule has 3 fully saturated rings. The Bertz CT molecular complexity index is 589. The Morgan fingerprint density at radius 2 is 2.09 bits per heavy atom. The average Bonchev–Trinajstić information content (AvgIpc) is 3.24. The van der Waals surface area contributed by atoms with Crippen molar-refractivity contribution >= 4 is 17.2 Å². The summed E-state index contributed by atoms with van der Waals surface area (Å²) in [4.78, 5) is 20.2. The summed E-state index contributed by atoms with van der Waals surface area (Å²) in [6.45, 7) is 4.54. The van der Waals surface area contributed by atoms with Crippen molar-refractivity contribution in [2.24, 2.45) is 11.8 Å². The van der Waals surface area contributed by atoms with Crippen LogP contribution < -0.4 is 0 Å². The Kier molecular flexibility index (Phi) is 3.12. The number of rotatable bonds is 1. The molecule has 0 aromatic carbocycles. The van der Waals surface area contributed by atoms with Crippen LogP contribution in [0.25, 0.3) is 0 Å². The topological polar surface area (TPSA) is 23.6 Å². The number of hydrogen-bond acceptors (Lipinski definition) is 3. The van der Waals surface area contributed by atoms with Crippen molar-refractivity contribution in [2.75, 3.05) is 26.2 Å². The molecule has 0 radical (unpaired) electrons. The highest BCUT2D eigenvalue weighted by molar-refractivity contribution is 7.14. The number of carbonyl (C=O) groups is 1. The maximum atomic E-state index is 12.9. The number of amides is 1. The van der Waals surface area contributed by atoms with Gasteiger partial charge in [-0.05, 0) is 62.1 Å². The molecule has 4 heteroatoms. The lowest BCUT2D eigenvalue weighted by Crippen LogP contribution is -2.40. The minimum Gasteiger partial charge on any atom is -0.337 e. The number of piperidine rings is 1. The Labute approximate surface area is 136 Å². The van der Waals surface area contributed by atoms with Gasteiger partial charge in [0.2, 0.25) is 0 Å². The Hall–Kier alpha value is -0.870. The van der Waals surface area contributed by atoms with Crippen LogP contribution in [0.5, 0.6) is 0 Å². The number of thiophene rings is 1. The molecular weight excluding hydrogens is 292 g/mol. The van der Waals surface area contributed by atoms with Gasteiger partial charge in [-0.1, -0.05) is 6.42 Å². The quantitative estimate of drug-likeness (QED) is 0.795. The van der Waals surface area contributed by atoms with Crippen molar-refractivity contribution in [3.8, 4) is 0 Å². The van der Waals surface area contributed by atoms with Crippen molar-refractivity contribution in [3.05, 3.63) is 21.4 Å². The van der Waals surface area contributed by atoms with E-state index in [1.165, 1.54) is 62.1 Å². The summed E-state index contributed by atoms with van der Waals surface area (Å²) in [6, 6.07) is 2.96. The largest absolute Gasteiger partial charge is 0.337 e. The van der Waals surface area contributed by atoms with Gasteiger partial charge in [-0.25, -0.2) is 0 Å². The first kappa shape index (κ1) is 13.6. The third-order valence-corrected chi connectivity index (χ3v) is 7.59. The van der Waals surface area contributed by atoms with E-state index in [4.69, 9.17) is 0 Å². The van der Waals surface area contributed by atoms with Gasteiger partial charge in [0.25, 0.3) is 5.91 Å². The molecule has 3 unspecified atom stereocenters. The Balaban J connectivity index is 1.32. The maximum absolute atomic E-state index is 12.9. The molecule has 0 N–H and O–H groups in total. The van der Waals surface area contributed by atoms with Gasteiger partial charge < -0.3 is 4.90 Å². The average molecular weight is 316 g/mol. The first-order valence-electron chi connectivity index (χ1n) is 8.94. The van der Waals surface area contributed by atoms with Crippen LogP contribution in [-0.4, -0.2) is 47.9 Å². The summed E-state index contributed by atoms with van der Waals surface area (Å²) in [5.41, 5.74) is 1.45. The third-order valence-electron chi connectivity index (χ3n) is 6.36. The lowest BCUT2D eigenvalue weighted by Gasteiger charge is -2.33. The number of nitrogens with zero attached hydrogens (tertiary/aromatic N) is 2. The maximum Gasteiger partial charge on any atom is 0.263 e. The highest BCUT2D eigenvalue weighted by Crippen LogP contribution is 2.41. The molecule has 5 rings (SSSR count). The highest BCUT2D eigenvalue weighted by Gasteiger charge is 2.48. The zero-order chi connectivity index (χ0) is 14.7. The van der Waals surface area contributed by atoms with Crippen LogP contribution in [0.15, 0.2) is 6.07 Å². The van der Waals surface area contributed by atoms with Gasteiger partial charge in [-0.2, -0.15) is 0 Å². The van der Waals surface area contributed by atoms with E-state index in [1.54, 1.807) is 11.3 Å². The fourth-order valence-electron chi connectivity index (χ4n) is 5.31. The van der Waals surface area contributed by atoms with Crippen LogP contribution in [0.4, 0.5) is 0 Å². The van der Waals surface area contributed by atoms with E-state index in [0.29, 0.717) is 5.91 Å². The van der Waals surface area contributed by atoms with Gasteiger partial charge in [-0.15, -0.1) is 11.3 Å². The van der Waals surface area contributed by atoms with Crippen LogP contribution in [0.2, 0.25) is 0 Å². The lowest BCUT2D eigenvalue weighted by atomic mass is 9.90. The molecule has 1 amide bonds. The monoisotopic (exact) mass is 316 g/mol. The van der Waals surface area contributed by atoms with E-state index in [9.17, 15) is 4.79 Å². The van der Waals surface area contributed by atoms with Crippen LogP contribution in [0.3, 0.4) is 0 Å². The molecule has 4 heterocycles. The molecule has 1 aliphatic carbocycles. The number of carbonyl (C=O) groups excluding carboxylic acids is 1. The fraction of sp³-hybridized carbons (Fsp3) is 0.722. The van der Waals surface area contributed by atoms with E-state index in [0.717, 1.165) is 35.8 Å². The van der Waals surface area contributed by atoms with Crippen molar-refractivity contribution in [1.29, 1.82) is 0 Å². The number of aryl methyl sites for hydroxylation is 2. The van der Waals surface area contributed by atoms with E-state index in [-0.39, 0.29) is 0 Å². The predicted molar refractivity (Wildman–Crippen MR) is 88.4 cm³/mol. The third kappa shape index (κ3) is 2.00. The fourth-order valence-corrected chi connectivity index (χ4v) is 6.53. The minimum absolute atomic E-state index is 0.316. The molecule has 1 aromatic heterocycles. The van der Waals surface area contributed by atoms with Gasteiger partial charge in [0.1, 0.15) is 0 Å². The van der Waals surface area contributed by atoms with Gasteiger partial charge in [0.05, 0.1) is 4.88 Å². The van der Waals surface area contributed by atoms with Crippen LogP contribution in [-0.2, 0) is 12.8 Å². The summed E-state index contributed by atoms with van der Waals surface area (Å²) in [5, 5.41) is 0. The molecule has 0 bridgehead atoms. The molecular formula is C18H24N2OS. The highest BCUT2D eigenvalue weighted by atomic mass is 32.1. The molecule has 3 aliphatic heterocycles. The summed E-state index contributed by atoms with van der Waals surface area (Å²) in [6.07, 6.45) is 7.77. The standard InChI is InChI=1S/C18H24N2OS/c21-18(17-8-12-4-3-6-16(12)22-17)20-10-13-9-19-7-2-1-5-15(19)14(13)11-20/h8,13-15H,1-7,9-11H2. The smallest absolute Gasteiger partial charge is 0.263 e. The van der Waals surface area contributed by atoms with Crippen molar-refractivity contribution in [3.63, 3.8) is 0 Å². The zero-order valence-corrected chi connectivity index (χ0v) is 13.9. The summed E-state index contributed by atoms with van der Waals surface area (Å²) < 4.78 is 0. The Morgan fingerprint density at radius 1 is 1.14 bits per heavy atom. The van der Waals surface area contributed by atoms with Gasteiger partial charge in [-0.3, -0.25) is 9.69 Å². The molecule has 22 heavy (non-hydrogen) atoms. The van der Waals surface area contributed by atoms with Gasteiger partial charge >= 0.3 is 0 Å². The van der Waals surface area contributed by atoms with Crippen molar-refractivity contribution in [2.45, 2.75) is 44.6 Å². The normalized spacial score (nSPS) is 33.8. The SMILES string of the molecule is O=C(c1cc2c(s1)CCC2)N1CC2CN3CCCCC3C2C1. The second kappa shape index (κ2) is 5.07. The van der Waals surface area contributed by atoms with Crippen LogP contribution in [0, 0.1) is 11.8 Å². The zero-order valence-electron chi connectivity index (χ0n) is 13.1. The first-order chi connectivity index (χ1) is 10.8. The summed E-state index contributed by atoms with van der Waals surface area (Å²) in [5.74, 6) is 1.80. The van der Waals surface area contributed by atoms with E-state index < -0.39 is 0 Å². The number of fused-ring (bicyclic) bond motifs is 4. The number of hydrogen-bond donors (Lipinski definition) is 0. The second-order valence-corrected chi connectivity index (χ2v) is 8.74.